The van der Waals surface area contributed by atoms with E-state index in [4.69, 9.17) is 14.2 Å². The van der Waals surface area contributed by atoms with Gasteiger partial charge in [-0.25, -0.2) is 4.98 Å². The van der Waals surface area contributed by atoms with Crippen molar-refractivity contribution in [2.45, 2.75) is 25.9 Å². The molecule has 1 atom stereocenters. The highest BCUT2D eigenvalue weighted by Gasteiger charge is 2.28. The van der Waals surface area contributed by atoms with Crippen LogP contribution in [0.1, 0.15) is 29.2 Å². The van der Waals surface area contributed by atoms with Gasteiger partial charge in [0.2, 0.25) is 5.88 Å². The zero-order valence-electron chi connectivity index (χ0n) is 18.7. The van der Waals surface area contributed by atoms with Crippen molar-refractivity contribution in [3.63, 3.8) is 0 Å². The molecule has 0 radical (unpaired) electrons. The molecule has 32 heavy (non-hydrogen) atoms. The summed E-state index contributed by atoms with van der Waals surface area (Å²) in [5.41, 5.74) is 1.91. The maximum Gasteiger partial charge on any atom is 0.272 e. The molecule has 9 nitrogen and oxygen atoms in total. The molecule has 168 valence electrons. The molecule has 0 saturated carbocycles. The lowest BCUT2D eigenvalue weighted by Crippen LogP contribution is -2.45. The third-order valence-electron chi connectivity index (χ3n) is 5.48. The van der Waals surface area contributed by atoms with E-state index < -0.39 is 0 Å². The van der Waals surface area contributed by atoms with Crippen LogP contribution in [0, 0.1) is 6.92 Å². The molecule has 1 amide bonds. The molecule has 0 aliphatic carbocycles. The molecule has 0 spiro atoms. The molecule has 0 N–H and O–H groups in total. The van der Waals surface area contributed by atoms with Gasteiger partial charge in [0.15, 0.2) is 0 Å². The third-order valence-corrected chi connectivity index (χ3v) is 5.48. The molecule has 1 aromatic carbocycles. The fourth-order valence-electron chi connectivity index (χ4n) is 3.87. The molecular weight excluding hydrogens is 410 g/mol. The van der Waals surface area contributed by atoms with Crippen LogP contribution in [0.5, 0.6) is 17.4 Å². The Morgan fingerprint density at radius 2 is 2.00 bits per heavy atom. The molecule has 3 aromatic rings. The van der Waals surface area contributed by atoms with Crippen LogP contribution < -0.4 is 14.2 Å². The summed E-state index contributed by atoms with van der Waals surface area (Å²) in [6.07, 6.45) is 3.28. The van der Waals surface area contributed by atoms with E-state index in [0.717, 1.165) is 18.4 Å². The highest BCUT2D eigenvalue weighted by Crippen LogP contribution is 2.33. The number of hydrogen-bond donors (Lipinski definition) is 0. The molecule has 1 unspecified atom stereocenters. The minimum absolute atomic E-state index is 0.0831. The number of aryl methyl sites for hydroxylation is 2. The second kappa shape index (κ2) is 9.25. The highest BCUT2D eigenvalue weighted by molar-refractivity contribution is 5.94. The Morgan fingerprint density at radius 1 is 1.16 bits per heavy atom. The first-order chi connectivity index (χ1) is 15.5. The van der Waals surface area contributed by atoms with Crippen molar-refractivity contribution in [2.24, 2.45) is 7.05 Å². The molecule has 3 heterocycles. The second-order valence-corrected chi connectivity index (χ2v) is 7.68. The number of carbonyl (C=O) groups excluding carboxylic acids is 1. The number of piperidine rings is 1. The van der Waals surface area contributed by atoms with Gasteiger partial charge >= 0.3 is 0 Å². The molecule has 1 fully saturated rings. The average molecular weight is 438 g/mol. The van der Waals surface area contributed by atoms with Crippen LogP contribution in [0.3, 0.4) is 0 Å². The van der Waals surface area contributed by atoms with Gasteiger partial charge in [-0.05, 0) is 44.0 Å². The van der Waals surface area contributed by atoms with Crippen LogP contribution in [0.4, 0.5) is 0 Å². The number of amides is 1. The lowest BCUT2D eigenvalue weighted by atomic mass is 10.1. The van der Waals surface area contributed by atoms with Crippen LogP contribution in [0.15, 0.2) is 36.5 Å². The largest absolute Gasteiger partial charge is 0.497 e. The quantitative estimate of drug-likeness (QED) is 0.586. The van der Waals surface area contributed by atoms with Gasteiger partial charge in [0.1, 0.15) is 29.1 Å². The summed E-state index contributed by atoms with van der Waals surface area (Å²) in [5.74, 6) is 2.46. The van der Waals surface area contributed by atoms with E-state index >= 15 is 0 Å². The standard InChI is InChI=1S/C23H27N5O4/c1-15-24-10-9-22(25-15)32-17-6-5-11-28(14-17)23(29)20-13-19(26-27(20)2)18-12-16(30-3)7-8-21(18)31-4/h7-10,12-13,17H,5-6,11,14H2,1-4H3. The van der Waals surface area contributed by atoms with E-state index in [2.05, 4.69) is 15.1 Å². The van der Waals surface area contributed by atoms with E-state index in [0.29, 0.717) is 47.7 Å². The summed E-state index contributed by atoms with van der Waals surface area (Å²) in [5, 5.41) is 4.56. The summed E-state index contributed by atoms with van der Waals surface area (Å²) in [4.78, 5) is 23.5. The Bertz CT molecular complexity index is 1110. The van der Waals surface area contributed by atoms with Gasteiger partial charge in [0.05, 0.1) is 26.5 Å². The molecule has 2 aromatic heterocycles. The normalized spacial score (nSPS) is 16.0. The summed E-state index contributed by atoms with van der Waals surface area (Å²) < 4.78 is 18.4. The summed E-state index contributed by atoms with van der Waals surface area (Å²) in [7, 11) is 4.98. The summed E-state index contributed by atoms with van der Waals surface area (Å²) in [6.45, 7) is 2.98. The highest BCUT2D eigenvalue weighted by atomic mass is 16.5. The van der Waals surface area contributed by atoms with Crippen molar-refractivity contribution >= 4 is 5.91 Å². The molecule has 1 saturated heterocycles. The van der Waals surface area contributed by atoms with Crippen molar-refractivity contribution in [3.05, 3.63) is 48.0 Å². The van der Waals surface area contributed by atoms with Gasteiger partial charge in [-0.15, -0.1) is 0 Å². The van der Waals surface area contributed by atoms with Gasteiger partial charge in [0.25, 0.3) is 5.91 Å². The first kappa shape index (κ1) is 21.6. The Morgan fingerprint density at radius 3 is 2.75 bits per heavy atom. The number of ether oxygens (including phenoxy) is 3. The average Bonchev–Trinajstić information content (AvgIpc) is 3.19. The summed E-state index contributed by atoms with van der Waals surface area (Å²) in [6, 6.07) is 9.03. The Kier molecular flexibility index (Phi) is 6.25. The van der Waals surface area contributed by atoms with Crippen LogP contribution in [0.2, 0.25) is 0 Å². The maximum atomic E-state index is 13.3. The van der Waals surface area contributed by atoms with Crippen molar-refractivity contribution < 1.29 is 19.0 Å². The van der Waals surface area contributed by atoms with Crippen LogP contribution in [-0.4, -0.2) is 64.0 Å². The minimum Gasteiger partial charge on any atom is -0.497 e. The van der Waals surface area contributed by atoms with E-state index in [1.807, 2.05) is 30.0 Å². The number of carbonyl (C=O) groups is 1. The molecule has 0 bridgehead atoms. The summed E-state index contributed by atoms with van der Waals surface area (Å²) >= 11 is 0. The van der Waals surface area contributed by atoms with Gasteiger partial charge in [-0.3, -0.25) is 9.48 Å². The van der Waals surface area contributed by atoms with E-state index in [1.165, 1.54) is 0 Å². The maximum absolute atomic E-state index is 13.3. The minimum atomic E-state index is -0.117. The van der Waals surface area contributed by atoms with Gasteiger partial charge in [-0.1, -0.05) is 0 Å². The van der Waals surface area contributed by atoms with Crippen molar-refractivity contribution in [2.75, 3.05) is 27.3 Å². The Balaban J connectivity index is 1.53. The number of rotatable bonds is 6. The zero-order chi connectivity index (χ0) is 22.7. The van der Waals surface area contributed by atoms with Crippen LogP contribution in [-0.2, 0) is 7.05 Å². The molecule has 9 heteroatoms. The monoisotopic (exact) mass is 437 g/mol. The smallest absolute Gasteiger partial charge is 0.272 e. The van der Waals surface area contributed by atoms with Crippen molar-refractivity contribution in [1.82, 2.24) is 24.6 Å². The van der Waals surface area contributed by atoms with Crippen molar-refractivity contribution in [1.29, 1.82) is 0 Å². The van der Waals surface area contributed by atoms with Crippen LogP contribution >= 0.6 is 0 Å². The first-order valence-electron chi connectivity index (χ1n) is 10.5. The molecule has 4 rings (SSSR count). The van der Waals surface area contributed by atoms with E-state index in [-0.39, 0.29) is 12.0 Å². The van der Waals surface area contributed by atoms with Gasteiger partial charge < -0.3 is 19.1 Å². The lowest BCUT2D eigenvalue weighted by molar-refractivity contribution is 0.0517. The van der Waals surface area contributed by atoms with E-state index in [1.54, 1.807) is 44.3 Å². The van der Waals surface area contributed by atoms with Gasteiger partial charge in [0, 0.05) is 31.4 Å². The molecule has 1 aliphatic heterocycles. The molecular formula is C23H27N5O4. The van der Waals surface area contributed by atoms with E-state index in [9.17, 15) is 4.79 Å². The fourth-order valence-corrected chi connectivity index (χ4v) is 3.87. The zero-order valence-corrected chi connectivity index (χ0v) is 18.7. The van der Waals surface area contributed by atoms with Crippen LogP contribution in [0.25, 0.3) is 11.3 Å². The predicted octanol–water partition coefficient (Wildman–Crippen LogP) is 2.89. The first-order valence-corrected chi connectivity index (χ1v) is 10.5. The number of methoxy groups -OCH3 is 2. The fraction of sp³-hybridized carbons (Fsp3) is 0.391. The topological polar surface area (TPSA) is 91.6 Å². The number of likely N-dealkylation sites (tertiary alicyclic amines) is 1. The predicted molar refractivity (Wildman–Crippen MR) is 118 cm³/mol. The molecule has 1 aliphatic rings. The number of aromatic nitrogens is 4. The number of nitrogens with zero attached hydrogens (tertiary/aromatic N) is 5. The Hall–Kier alpha value is -3.62. The Labute approximate surface area is 186 Å². The third kappa shape index (κ3) is 4.51. The SMILES string of the molecule is COc1ccc(OC)c(-c2cc(C(=O)N3CCCC(Oc4ccnc(C)n4)C3)n(C)n2)c1. The second-order valence-electron chi connectivity index (χ2n) is 7.68. The number of hydrogen-bond acceptors (Lipinski definition) is 7. The lowest BCUT2D eigenvalue weighted by Gasteiger charge is -2.32. The van der Waals surface area contributed by atoms with Crippen molar-refractivity contribution in [3.8, 4) is 28.6 Å². The van der Waals surface area contributed by atoms with Gasteiger partial charge in [-0.2, -0.15) is 10.1 Å². The number of benzene rings is 1.